The monoisotopic (exact) mass is 272 g/mol. The molecule has 2 heterocycles. The van der Waals surface area contributed by atoms with Crippen LogP contribution in [0.2, 0.25) is 0 Å². The second kappa shape index (κ2) is 4.51. The summed E-state index contributed by atoms with van der Waals surface area (Å²) in [4.78, 5) is 25.3. The molecule has 96 valence electrons. The molecule has 0 saturated carbocycles. The summed E-state index contributed by atoms with van der Waals surface area (Å²) in [6, 6.07) is 7.10. The van der Waals surface area contributed by atoms with Gasteiger partial charge in [-0.25, -0.2) is 4.79 Å². The van der Waals surface area contributed by atoms with Crippen molar-refractivity contribution in [2.24, 2.45) is 0 Å². The molecule has 0 bridgehead atoms. The highest BCUT2D eigenvalue weighted by Gasteiger charge is 2.20. The van der Waals surface area contributed by atoms with Crippen LogP contribution in [0.15, 0.2) is 35.0 Å². The fourth-order valence-corrected chi connectivity index (χ4v) is 2.72. The number of carbonyl (C=O) groups excluding carboxylic acids is 2. The molecule has 4 nitrogen and oxygen atoms in total. The molecule has 0 saturated heterocycles. The van der Waals surface area contributed by atoms with Gasteiger partial charge in [0.05, 0.1) is 0 Å². The van der Waals surface area contributed by atoms with E-state index in [1.807, 2.05) is 22.9 Å². The Kier molecular flexibility index (Phi) is 2.83. The maximum absolute atomic E-state index is 12.2. The van der Waals surface area contributed by atoms with Crippen LogP contribution in [0.25, 0.3) is 0 Å². The molecule has 0 atom stereocenters. The lowest BCUT2D eigenvalue weighted by atomic mass is 10.0. The van der Waals surface area contributed by atoms with E-state index < -0.39 is 0 Å². The zero-order chi connectivity index (χ0) is 13.4. The lowest BCUT2D eigenvalue weighted by Crippen LogP contribution is -2.35. The molecule has 19 heavy (non-hydrogen) atoms. The zero-order valence-electron chi connectivity index (χ0n) is 10.3. The van der Waals surface area contributed by atoms with Gasteiger partial charge in [-0.2, -0.15) is 11.3 Å². The maximum Gasteiger partial charge on any atom is 0.321 e. The summed E-state index contributed by atoms with van der Waals surface area (Å²) < 4.78 is 0. The van der Waals surface area contributed by atoms with Gasteiger partial charge in [-0.05, 0) is 35.2 Å². The second-order valence-electron chi connectivity index (χ2n) is 4.50. The van der Waals surface area contributed by atoms with Gasteiger partial charge in [-0.1, -0.05) is 0 Å². The number of hydrogen-bond acceptors (Lipinski definition) is 3. The summed E-state index contributed by atoms with van der Waals surface area (Å²) in [5.41, 5.74) is 3.10. The third-order valence-electron chi connectivity index (χ3n) is 3.15. The molecule has 3 rings (SSSR count). The minimum Gasteiger partial charge on any atom is -0.323 e. The van der Waals surface area contributed by atoms with Gasteiger partial charge in [0.1, 0.15) is 0 Å². The van der Waals surface area contributed by atoms with Crippen LogP contribution >= 0.6 is 11.3 Å². The van der Waals surface area contributed by atoms with Gasteiger partial charge in [-0.15, -0.1) is 0 Å². The minimum absolute atomic E-state index is 0.0172. The molecule has 0 unspecified atom stereocenters. The number of thiophene rings is 1. The van der Waals surface area contributed by atoms with Crippen LogP contribution in [0.1, 0.15) is 21.5 Å². The van der Waals surface area contributed by atoms with E-state index in [1.54, 1.807) is 24.1 Å². The summed E-state index contributed by atoms with van der Waals surface area (Å²) >= 11 is 1.51. The fraction of sp³-hybridized carbons (Fsp3) is 0.143. The van der Waals surface area contributed by atoms with E-state index in [-0.39, 0.29) is 11.8 Å². The summed E-state index contributed by atoms with van der Waals surface area (Å²) in [6.45, 7) is 0.520. The smallest absolute Gasteiger partial charge is 0.321 e. The quantitative estimate of drug-likeness (QED) is 0.854. The van der Waals surface area contributed by atoms with Gasteiger partial charge in [0, 0.05) is 35.8 Å². The molecular formula is C14H12N2O2S. The van der Waals surface area contributed by atoms with E-state index in [2.05, 4.69) is 5.32 Å². The van der Waals surface area contributed by atoms with Crippen molar-refractivity contribution in [1.29, 1.82) is 0 Å². The van der Waals surface area contributed by atoms with Crippen molar-refractivity contribution >= 4 is 28.8 Å². The Balaban J connectivity index is 1.96. The Morgan fingerprint density at radius 3 is 2.89 bits per heavy atom. The number of carbonyl (C=O) groups is 2. The number of hydrogen-bond donors (Lipinski definition) is 1. The Bertz CT molecular complexity index is 649. The van der Waals surface area contributed by atoms with E-state index in [9.17, 15) is 9.59 Å². The molecule has 1 N–H and O–H groups in total. The first kappa shape index (κ1) is 11.9. The average molecular weight is 272 g/mol. The topological polar surface area (TPSA) is 49.4 Å². The molecule has 1 aliphatic rings. The third kappa shape index (κ3) is 2.13. The highest BCUT2D eigenvalue weighted by Crippen LogP contribution is 2.25. The molecular weight excluding hydrogens is 260 g/mol. The molecule has 1 aliphatic heterocycles. The summed E-state index contributed by atoms with van der Waals surface area (Å²) in [7, 11) is 1.73. The normalized spacial score (nSPS) is 13.9. The van der Waals surface area contributed by atoms with Crippen molar-refractivity contribution in [2.75, 3.05) is 12.4 Å². The largest absolute Gasteiger partial charge is 0.323 e. The van der Waals surface area contributed by atoms with Crippen LogP contribution in [-0.4, -0.2) is 23.8 Å². The van der Waals surface area contributed by atoms with Crippen molar-refractivity contribution in [3.8, 4) is 0 Å². The number of amides is 2. The molecule has 1 aromatic heterocycles. The number of ketones is 1. The van der Waals surface area contributed by atoms with E-state index >= 15 is 0 Å². The van der Waals surface area contributed by atoms with Gasteiger partial charge in [0.25, 0.3) is 0 Å². The molecule has 0 spiro atoms. The fourth-order valence-electron chi connectivity index (χ4n) is 2.09. The summed E-state index contributed by atoms with van der Waals surface area (Å²) in [5, 5.41) is 6.52. The van der Waals surface area contributed by atoms with E-state index in [0.717, 1.165) is 11.3 Å². The van der Waals surface area contributed by atoms with Gasteiger partial charge in [-0.3, -0.25) is 4.79 Å². The SMILES string of the molecule is CN1Cc2cc(C(=O)c3ccsc3)ccc2NC1=O. The van der Waals surface area contributed by atoms with Crippen molar-refractivity contribution < 1.29 is 9.59 Å². The Labute approximate surface area is 114 Å². The molecule has 0 radical (unpaired) electrons. The number of anilines is 1. The van der Waals surface area contributed by atoms with Crippen LogP contribution in [0.5, 0.6) is 0 Å². The van der Waals surface area contributed by atoms with Crippen LogP contribution in [0.4, 0.5) is 10.5 Å². The molecule has 5 heteroatoms. The van der Waals surface area contributed by atoms with Gasteiger partial charge < -0.3 is 10.2 Å². The number of nitrogens with one attached hydrogen (secondary N) is 1. The predicted octanol–water partition coefficient (Wildman–Crippen LogP) is 2.96. The van der Waals surface area contributed by atoms with Crippen molar-refractivity contribution in [3.63, 3.8) is 0 Å². The van der Waals surface area contributed by atoms with Crippen molar-refractivity contribution in [2.45, 2.75) is 6.54 Å². The van der Waals surface area contributed by atoms with Crippen LogP contribution in [0.3, 0.4) is 0 Å². The number of rotatable bonds is 2. The van der Waals surface area contributed by atoms with Crippen molar-refractivity contribution in [1.82, 2.24) is 4.90 Å². The van der Waals surface area contributed by atoms with E-state index in [4.69, 9.17) is 0 Å². The second-order valence-corrected chi connectivity index (χ2v) is 5.28. The highest BCUT2D eigenvalue weighted by molar-refractivity contribution is 7.08. The van der Waals surface area contributed by atoms with Gasteiger partial charge >= 0.3 is 6.03 Å². The molecule has 0 fully saturated rings. The van der Waals surface area contributed by atoms with Gasteiger partial charge in [0.15, 0.2) is 5.78 Å². The molecule has 1 aromatic carbocycles. The van der Waals surface area contributed by atoms with Crippen LogP contribution in [-0.2, 0) is 6.54 Å². The van der Waals surface area contributed by atoms with E-state index in [1.165, 1.54) is 11.3 Å². The van der Waals surface area contributed by atoms with E-state index in [0.29, 0.717) is 17.7 Å². The Hall–Kier alpha value is -2.14. The summed E-state index contributed by atoms with van der Waals surface area (Å²) in [5.74, 6) is 0.0172. The Morgan fingerprint density at radius 2 is 2.16 bits per heavy atom. The lowest BCUT2D eigenvalue weighted by Gasteiger charge is -2.26. The number of fused-ring (bicyclic) bond motifs is 1. The molecule has 0 aliphatic carbocycles. The first-order chi connectivity index (χ1) is 9.15. The Morgan fingerprint density at radius 1 is 1.32 bits per heavy atom. The number of urea groups is 1. The van der Waals surface area contributed by atoms with Crippen LogP contribution < -0.4 is 5.32 Å². The molecule has 2 amide bonds. The number of nitrogens with zero attached hydrogens (tertiary/aromatic N) is 1. The number of benzene rings is 1. The molecule has 2 aromatic rings. The maximum atomic E-state index is 12.2. The lowest BCUT2D eigenvalue weighted by molar-refractivity contribution is 0.103. The first-order valence-corrected chi connectivity index (χ1v) is 6.81. The average Bonchev–Trinajstić information content (AvgIpc) is 2.93. The summed E-state index contributed by atoms with van der Waals surface area (Å²) in [6.07, 6.45) is 0. The predicted molar refractivity (Wildman–Crippen MR) is 74.7 cm³/mol. The zero-order valence-corrected chi connectivity index (χ0v) is 11.2. The third-order valence-corrected chi connectivity index (χ3v) is 3.83. The van der Waals surface area contributed by atoms with Crippen LogP contribution in [0, 0.1) is 0 Å². The highest BCUT2D eigenvalue weighted by atomic mass is 32.1. The van der Waals surface area contributed by atoms with Gasteiger partial charge in [0.2, 0.25) is 0 Å². The minimum atomic E-state index is -0.121. The standard InChI is InChI=1S/C14H12N2O2S/c1-16-7-11-6-9(2-3-12(11)15-14(16)18)13(17)10-4-5-19-8-10/h2-6,8H,7H2,1H3,(H,15,18). The first-order valence-electron chi connectivity index (χ1n) is 5.87. The van der Waals surface area contributed by atoms with Crippen molar-refractivity contribution in [3.05, 3.63) is 51.7 Å².